The third-order valence-electron chi connectivity index (χ3n) is 6.62. The van der Waals surface area contributed by atoms with Crippen LogP contribution in [0.25, 0.3) is 0 Å². The number of hydrogen-bond donors (Lipinski definition) is 0. The van der Waals surface area contributed by atoms with Gasteiger partial charge in [0.1, 0.15) is 16.4 Å². The minimum atomic E-state index is -3.64. The fourth-order valence-electron chi connectivity index (χ4n) is 4.61. The molecule has 2 fully saturated rings. The SMILES string of the molecule is COc1ccc(OC)c(S(=O)(=O)N2CCC(Cc3ccc(CN4CCOCC4)cc3)CC2)c1. The van der Waals surface area contributed by atoms with Crippen molar-refractivity contribution in [2.24, 2.45) is 5.92 Å². The van der Waals surface area contributed by atoms with Crippen LogP contribution in [0, 0.1) is 5.92 Å². The molecule has 180 valence electrons. The third kappa shape index (κ3) is 5.87. The second-order valence-electron chi connectivity index (χ2n) is 8.77. The second kappa shape index (κ2) is 10.9. The van der Waals surface area contributed by atoms with Crippen LogP contribution in [-0.4, -0.2) is 71.2 Å². The quantitative estimate of drug-likeness (QED) is 0.585. The molecule has 0 bridgehead atoms. The molecule has 2 aliphatic heterocycles. The van der Waals surface area contributed by atoms with Crippen molar-refractivity contribution in [1.82, 2.24) is 9.21 Å². The lowest BCUT2D eigenvalue weighted by Crippen LogP contribution is -2.39. The van der Waals surface area contributed by atoms with Crippen LogP contribution in [0.2, 0.25) is 0 Å². The van der Waals surface area contributed by atoms with E-state index in [-0.39, 0.29) is 4.90 Å². The van der Waals surface area contributed by atoms with Crippen molar-refractivity contribution >= 4 is 10.0 Å². The van der Waals surface area contributed by atoms with E-state index in [9.17, 15) is 8.42 Å². The van der Waals surface area contributed by atoms with Crippen molar-refractivity contribution in [2.75, 3.05) is 53.6 Å². The summed E-state index contributed by atoms with van der Waals surface area (Å²) in [5, 5.41) is 0. The van der Waals surface area contributed by atoms with Crippen molar-refractivity contribution in [1.29, 1.82) is 0 Å². The molecule has 2 aromatic rings. The van der Waals surface area contributed by atoms with E-state index in [4.69, 9.17) is 14.2 Å². The minimum Gasteiger partial charge on any atom is -0.497 e. The maximum absolute atomic E-state index is 13.3. The second-order valence-corrected chi connectivity index (χ2v) is 10.7. The number of hydrogen-bond acceptors (Lipinski definition) is 6. The molecule has 0 aliphatic carbocycles. The molecule has 4 rings (SSSR count). The first kappa shape index (κ1) is 24.0. The van der Waals surface area contributed by atoms with E-state index < -0.39 is 10.0 Å². The van der Waals surface area contributed by atoms with Gasteiger partial charge in [-0.2, -0.15) is 4.31 Å². The molecule has 8 heteroatoms. The number of sulfonamides is 1. The van der Waals surface area contributed by atoms with Crippen molar-refractivity contribution < 1.29 is 22.6 Å². The Bertz CT molecular complexity index is 1010. The highest BCUT2D eigenvalue weighted by Gasteiger charge is 2.32. The maximum atomic E-state index is 13.3. The van der Waals surface area contributed by atoms with E-state index in [1.54, 1.807) is 22.5 Å². The summed E-state index contributed by atoms with van der Waals surface area (Å²) in [5.74, 6) is 1.32. The number of benzene rings is 2. The van der Waals surface area contributed by atoms with E-state index >= 15 is 0 Å². The highest BCUT2D eigenvalue weighted by atomic mass is 32.2. The van der Waals surface area contributed by atoms with Gasteiger partial charge in [0.15, 0.2) is 0 Å². The molecule has 2 heterocycles. The zero-order chi connectivity index (χ0) is 23.3. The lowest BCUT2D eigenvalue weighted by Gasteiger charge is -2.31. The molecule has 0 unspecified atom stereocenters. The van der Waals surface area contributed by atoms with Gasteiger partial charge in [0.05, 0.1) is 27.4 Å². The average Bonchev–Trinajstić information content (AvgIpc) is 2.86. The lowest BCUT2D eigenvalue weighted by molar-refractivity contribution is 0.0342. The summed E-state index contributed by atoms with van der Waals surface area (Å²) >= 11 is 0. The van der Waals surface area contributed by atoms with Crippen molar-refractivity contribution in [3.8, 4) is 11.5 Å². The fourth-order valence-corrected chi connectivity index (χ4v) is 6.25. The van der Waals surface area contributed by atoms with Crippen molar-refractivity contribution in [3.63, 3.8) is 0 Å². The van der Waals surface area contributed by atoms with Gasteiger partial charge in [0.25, 0.3) is 0 Å². The first-order valence-electron chi connectivity index (χ1n) is 11.6. The fraction of sp³-hybridized carbons (Fsp3) is 0.520. The Morgan fingerprint density at radius 1 is 0.909 bits per heavy atom. The first-order chi connectivity index (χ1) is 16.0. The standard InChI is InChI=1S/C25H34N2O5S/c1-30-23-7-8-24(31-2)25(18-23)33(28,29)27-11-9-21(10-12-27)17-20-3-5-22(6-4-20)19-26-13-15-32-16-14-26/h3-8,18,21H,9-17,19H2,1-2H3. The van der Waals surface area contributed by atoms with Crippen LogP contribution >= 0.6 is 0 Å². The maximum Gasteiger partial charge on any atom is 0.246 e. The highest BCUT2D eigenvalue weighted by molar-refractivity contribution is 7.89. The summed E-state index contributed by atoms with van der Waals surface area (Å²) in [7, 11) is -0.627. The Morgan fingerprint density at radius 3 is 2.21 bits per heavy atom. The molecular weight excluding hydrogens is 440 g/mol. The van der Waals surface area contributed by atoms with E-state index in [1.165, 1.54) is 25.3 Å². The number of ether oxygens (including phenoxy) is 3. The van der Waals surface area contributed by atoms with Crippen molar-refractivity contribution in [2.45, 2.75) is 30.7 Å². The lowest BCUT2D eigenvalue weighted by atomic mass is 9.91. The van der Waals surface area contributed by atoms with Gasteiger partial charge in [-0.15, -0.1) is 0 Å². The van der Waals surface area contributed by atoms with E-state index in [0.717, 1.165) is 52.1 Å². The van der Waals surface area contributed by atoms with E-state index in [2.05, 4.69) is 29.2 Å². The zero-order valence-corrected chi connectivity index (χ0v) is 20.4. The molecule has 7 nitrogen and oxygen atoms in total. The Kier molecular flexibility index (Phi) is 7.90. The Morgan fingerprint density at radius 2 is 1.58 bits per heavy atom. The van der Waals surface area contributed by atoms with Crippen LogP contribution in [0.5, 0.6) is 11.5 Å². The monoisotopic (exact) mass is 474 g/mol. The van der Waals surface area contributed by atoms with E-state index in [0.29, 0.717) is 30.5 Å². The summed E-state index contributed by atoms with van der Waals surface area (Å²) in [4.78, 5) is 2.59. The van der Waals surface area contributed by atoms with E-state index in [1.807, 2.05) is 0 Å². The number of piperidine rings is 1. The third-order valence-corrected chi connectivity index (χ3v) is 8.54. The predicted molar refractivity (Wildman–Crippen MR) is 127 cm³/mol. The topological polar surface area (TPSA) is 68.3 Å². The summed E-state index contributed by atoms with van der Waals surface area (Å²) in [6.07, 6.45) is 2.68. The zero-order valence-electron chi connectivity index (χ0n) is 19.5. The average molecular weight is 475 g/mol. The van der Waals surface area contributed by atoms with Crippen molar-refractivity contribution in [3.05, 3.63) is 53.6 Å². The summed E-state index contributed by atoms with van der Waals surface area (Å²) in [5.41, 5.74) is 2.64. The molecule has 2 aliphatic rings. The Hall–Kier alpha value is -2.13. The molecule has 0 spiro atoms. The highest BCUT2D eigenvalue weighted by Crippen LogP contribution is 2.33. The summed E-state index contributed by atoms with van der Waals surface area (Å²) in [6.45, 7) is 5.61. The van der Waals surface area contributed by atoms with Gasteiger partial charge >= 0.3 is 0 Å². The van der Waals surface area contributed by atoms with Gasteiger partial charge < -0.3 is 14.2 Å². The number of morpholine rings is 1. The molecule has 33 heavy (non-hydrogen) atoms. The molecule has 0 atom stereocenters. The van der Waals surface area contributed by atoms with Gasteiger partial charge in [-0.3, -0.25) is 4.90 Å². The largest absolute Gasteiger partial charge is 0.497 e. The Labute approximate surface area is 197 Å². The van der Waals surface area contributed by atoms with Crippen LogP contribution < -0.4 is 9.47 Å². The minimum absolute atomic E-state index is 0.165. The smallest absolute Gasteiger partial charge is 0.246 e. The van der Waals surface area contributed by atoms with Crippen LogP contribution in [0.15, 0.2) is 47.4 Å². The van der Waals surface area contributed by atoms with Gasteiger partial charge in [-0.1, -0.05) is 24.3 Å². The van der Waals surface area contributed by atoms with Crippen LogP contribution in [0.1, 0.15) is 24.0 Å². The molecule has 2 saturated heterocycles. The molecule has 0 N–H and O–H groups in total. The van der Waals surface area contributed by atoms with Gasteiger partial charge in [0.2, 0.25) is 10.0 Å². The normalized spacial score (nSPS) is 18.8. The summed E-state index contributed by atoms with van der Waals surface area (Å²) in [6, 6.07) is 13.8. The van der Waals surface area contributed by atoms with Gasteiger partial charge in [0, 0.05) is 38.8 Å². The molecule has 0 amide bonds. The first-order valence-corrected chi connectivity index (χ1v) is 13.0. The molecule has 0 radical (unpaired) electrons. The predicted octanol–water partition coefficient (Wildman–Crippen LogP) is 3.18. The Balaban J connectivity index is 1.33. The summed E-state index contributed by atoms with van der Waals surface area (Å²) < 4.78 is 44.1. The number of nitrogens with zero attached hydrogens (tertiary/aromatic N) is 2. The molecule has 0 aromatic heterocycles. The molecular formula is C25H34N2O5S. The number of methoxy groups -OCH3 is 2. The van der Waals surface area contributed by atoms with Crippen LogP contribution in [0.4, 0.5) is 0 Å². The molecule has 2 aromatic carbocycles. The molecule has 0 saturated carbocycles. The number of rotatable bonds is 8. The van der Waals surface area contributed by atoms with Gasteiger partial charge in [-0.25, -0.2) is 8.42 Å². The van der Waals surface area contributed by atoms with Gasteiger partial charge in [-0.05, 0) is 48.4 Å². The van der Waals surface area contributed by atoms with Crippen LogP contribution in [-0.2, 0) is 27.7 Å². The van der Waals surface area contributed by atoms with Crippen LogP contribution in [0.3, 0.4) is 0 Å².